The third-order valence-electron chi connectivity index (χ3n) is 13.6. The number of hydrogen-bond acceptors (Lipinski definition) is 11. The molecule has 12 unspecified atom stereocenters. The van der Waals surface area contributed by atoms with Crippen LogP contribution in [0.1, 0.15) is 96.3 Å². The third kappa shape index (κ3) is 6.04. The van der Waals surface area contributed by atoms with Crippen molar-refractivity contribution < 1.29 is 44.6 Å². The van der Waals surface area contributed by atoms with E-state index >= 15 is 0 Å². The fourth-order valence-electron chi connectivity index (χ4n) is 11.1. The van der Waals surface area contributed by atoms with Crippen LogP contribution in [-0.4, -0.2) is 92.7 Å². The van der Waals surface area contributed by atoms with Crippen molar-refractivity contribution in [3.05, 3.63) is 23.5 Å². The first kappa shape index (κ1) is 34.7. The number of piperidine rings is 1. The minimum atomic E-state index is -2.05. The van der Waals surface area contributed by atoms with Gasteiger partial charge in [-0.15, -0.1) is 0 Å². The summed E-state index contributed by atoms with van der Waals surface area (Å²) >= 11 is 0. The number of carbonyl (C=O) groups excluding carboxylic acids is 2. The van der Waals surface area contributed by atoms with Crippen LogP contribution in [0.3, 0.4) is 0 Å². The number of aliphatic hydroxyl groups is 5. The van der Waals surface area contributed by atoms with Crippen molar-refractivity contribution in [2.24, 2.45) is 46.7 Å². The molecule has 7 aliphatic rings. The van der Waals surface area contributed by atoms with Crippen LogP contribution in [0, 0.1) is 40.9 Å². The fourth-order valence-corrected chi connectivity index (χ4v) is 11.1. The lowest BCUT2D eigenvalue weighted by Gasteiger charge is -2.54. The molecule has 2 aliphatic heterocycles. The average molecular weight is 673 g/mol. The van der Waals surface area contributed by atoms with Gasteiger partial charge in [0.1, 0.15) is 35.5 Å². The Morgan fingerprint density at radius 2 is 1.71 bits per heavy atom. The van der Waals surface area contributed by atoms with Crippen molar-refractivity contribution in [2.75, 3.05) is 13.2 Å². The fraction of sp³-hybridized carbons (Fsp3) is 0.838. The van der Waals surface area contributed by atoms with Gasteiger partial charge in [-0.05, 0) is 93.2 Å². The van der Waals surface area contributed by atoms with Gasteiger partial charge in [0, 0.05) is 5.92 Å². The first-order valence-electron chi connectivity index (χ1n) is 18.8. The molecule has 11 nitrogen and oxygen atoms in total. The average Bonchev–Trinajstić information content (AvgIpc) is 3.57. The third-order valence-corrected chi connectivity index (χ3v) is 13.6. The number of hydrogen-bond donors (Lipinski definition) is 7. The summed E-state index contributed by atoms with van der Waals surface area (Å²) in [7, 11) is 0. The number of ether oxygens (including phenoxy) is 2. The van der Waals surface area contributed by atoms with Crippen LogP contribution in [0.5, 0.6) is 0 Å². The maximum absolute atomic E-state index is 14.2. The van der Waals surface area contributed by atoms with E-state index in [-0.39, 0.29) is 41.2 Å². The van der Waals surface area contributed by atoms with E-state index in [0.717, 1.165) is 76.3 Å². The van der Waals surface area contributed by atoms with E-state index in [1.807, 2.05) is 6.08 Å². The minimum Gasteiger partial charge on any atom is -0.512 e. The van der Waals surface area contributed by atoms with Crippen LogP contribution < -0.4 is 11.1 Å². The Morgan fingerprint density at radius 3 is 2.42 bits per heavy atom. The maximum atomic E-state index is 14.2. The predicted octanol–water partition coefficient (Wildman–Crippen LogP) is 2.54. The summed E-state index contributed by atoms with van der Waals surface area (Å²) in [6.07, 6.45) is 9.14. The van der Waals surface area contributed by atoms with Gasteiger partial charge in [-0.25, -0.2) is 0 Å². The van der Waals surface area contributed by atoms with Crippen molar-refractivity contribution >= 4 is 11.6 Å². The second-order valence-corrected chi connectivity index (χ2v) is 16.3. The van der Waals surface area contributed by atoms with Gasteiger partial charge < -0.3 is 46.1 Å². The first-order chi connectivity index (χ1) is 23.1. The largest absolute Gasteiger partial charge is 0.512 e. The zero-order valence-corrected chi connectivity index (χ0v) is 28.1. The van der Waals surface area contributed by atoms with Gasteiger partial charge >= 0.3 is 0 Å². The highest BCUT2D eigenvalue weighted by Gasteiger charge is 2.61. The predicted molar refractivity (Wildman–Crippen MR) is 175 cm³/mol. The minimum absolute atomic E-state index is 0.0560. The lowest BCUT2D eigenvalue weighted by atomic mass is 9.58. The van der Waals surface area contributed by atoms with Crippen LogP contribution in [0.25, 0.3) is 0 Å². The van der Waals surface area contributed by atoms with Crippen LogP contribution in [-0.2, 0) is 19.1 Å². The van der Waals surface area contributed by atoms with E-state index in [0.29, 0.717) is 25.2 Å². The molecule has 0 spiro atoms. The molecule has 11 heteroatoms. The molecule has 6 fully saturated rings. The monoisotopic (exact) mass is 672 g/mol. The maximum Gasteiger partial charge on any atom is 0.187 e. The Balaban J connectivity index is 1.13. The Morgan fingerprint density at radius 1 is 0.958 bits per heavy atom. The molecule has 0 aromatic rings. The summed E-state index contributed by atoms with van der Waals surface area (Å²) < 4.78 is 12.4. The molecule has 2 saturated heterocycles. The number of aliphatic hydroxyl groups excluding tert-OH is 4. The molecule has 7 rings (SSSR count). The number of nitrogens with two attached hydrogens (primary N) is 1. The number of carbonyl (C=O) groups is 2. The van der Waals surface area contributed by atoms with E-state index in [1.54, 1.807) is 6.08 Å². The molecule has 0 aromatic heterocycles. The molecule has 0 aromatic carbocycles. The van der Waals surface area contributed by atoms with Gasteiger partial charge in [-0.2, -0.15) is 0 Å². The molecule has 8 N–H and O–H groups in total. The Labute approximate surface area is 283 Å². The topological polar surface area (TPSA) is 192 Å². The standard InChI is InChI=1S/C37H56N2O9/c38-28-17-22(11-14-39-28)36(12-4-5-13-36)19-37(46)33(44)27(18-40)48-35(34(37)45)47-26-10-6-9-23-30(26)32(43)29-24(31(23)42)15-21(16-25(29)41)20-7-2-1-3-8-20/h15-16,20,22-24,26-30,33-35,39-41,44-46H,1-14,17-19,38H2. The van der Waals surface area contributed by atoms with E-state index in [2.05, 4.69) is 5.32 Å². The van der Waals surface area contributed by atoms with Crippen molar-refractivity contribution in [3.8, 4) is 0 Å². The summed E-state index contributed by atoms with van der Waals surface area (Å²) in [5, 5.41) is 60.3. The van der Waals surface area contributed by atoms with Gasteiger partial charge in [-0.3, -0.25) is 9.59 Å². The quantitative estimate of drug-likeness (QED) is 0.210. The Bertz CT molecular complexity index is 1280. The van der Waals surface area contributed by atoms with Crippen molar-refractivity contribution in [1.82, 2.24) is 5.32 Å². The van der Waals surface area contributed by atoms with Crippen LogP contribution in [0.2, 0.25) is 0 Å². The molecule has 0 radical (unpaired) electrons. The van der Waals surface area contributed by atoms with Gasteiger partial charge in [0.05, 0.1) is 36.6 Å². The summed E-state index contributed by atoms with van der Waals surface area (Å²) in [6, 6.07) is 0. The number of ketones is 2. The zero-order valence-electron chi connectivity index (χ0n) is 28.1. The molecular formula is C37H56N2O9. The van der Waals surface area contributed by atoms with Crippen LogP contribution in [0.4, 0.5) is 0 Å². The van der Waals surface area contributed by atoms with Crippen molar-refractivity contribution in [2.45, 2.75) is 139 Å². The van der Waals surface area contributed by atoms with Crippen LogP contribution in [0.15, 0.2) is 23.5 Å². The Kier molecular flexibility index (Phi) is 9.98. The van der Waals surface area contributed by atoms with E-state index in [1.165, 1.54) is 6.42 Å². The van der Waals surface area contributed by atoms with E-state index in [4.69, 9.17) is 15.2 Å². The smallest absolute Gasteiger partial charge is 0.187 e. The number of fused-ring (bicyclic) bond motifs is 2. The molecule has 0 amide bonds. The lowest BCUT2D eigenvalue weighted by Crippen LogP contribution is -2.69. The van der Waals surface area contributed by atoms with E-state index < -0.39 is 66.6 Å². The summed E-state index contributed by atoms with van der Waals surface area (Å²) in [6.45, 7) is 0.153. The highest BCUT2D eigenvalue weighted by molar-refractivity contribution is 6.02. The van der Waals surface area contributed by atoms with Crippen molar-refractivity contribution in [1.29, 1.82) is 0 Å². The molecule has 48 heavy (non-hydrogen) atoms. The van der Waals surface area contributed by atoms with Crippen molar-refractivity contribution in [3.63, 3.8) is 0 Å². The molecule has 4 saturated carbocycles. The van der Waals surface area contributed by atoms with Gasteiger partial charge in [0.25, 0.3) is 0 Å². The normalized spacial score (nSPS) is 45.2. The second-order valence-electron chi connectivity index (χ2n) is 16.3. The summed E-state index contributed by atoms with van der Waals surface area (Å²) in [4.78, 5) is 28.3. The summed E-state index contributed by atoms with van der Waals surface area (Å²) in [5.41, 5.74) is 4.85. The lowest BCUT2D eigenvalue weighted by molar-refractivity contribution is -0.350. The highest BCUT2D eigenvalue weighted by Crippen LogP contribution is 2.55. The molecule has 0 bridgehead atoms. The second kappa shape index (κ2) is 13.8. The molecule has 12 atom stereocenters. The van der Waals surface area contributed by atoms with Crippen LogP contribution >= 0.6 is 0 Å². The summed E-state index contributed by atoms with van der Waals surface area (Å²) in [5.74, 6) is -2.96. The molecule has 5 aliphatic carbocycles. The number of rotatable bonds is 7. The molecule has 2 heterocycles. The number of nitrogens with one attached hydrogen (secondary N) is 1. The first-order valence-corrected chi connectivity index (χ1v) is 18.8. The Hall–Kier alpha value is -1.70. The molecular weight excluding hydrogens is 616 g/mol. The van der Waals surface area contributed by atoms with Gasteiger partial charge in [0.2, 0.25) is 0 Å². The number of Topliss-reactive ketones (excluding diaryl/α,β-unsaturated/α-hetero) is 2. The van der Waals surface area contributed by atoms with Gasteiger partial charge in [0.15, 0.2) is 12.1 Å². The van der Waals surface area contributed by atoms with E-state index in [9.17, 15) is 35.1 Å². The zero-order chi connectivity index (χ0) is 33.8. The number of allylic oxidation sites excluding steroid dienone is 4. The van der Waals surface area contributed by atoms with Gasteiger partial charge in [-0.1, -0.05) is 44.6 Å². The highest BCUT2D eigenvalue weighted by atomic mass is 16.7. The SMILES string of the molecule is NC1CC(C2(CC3(O)C(O)C(CO)OC(OC4CCCC5C(=O)C6C=C(C7CCCCC7)C=C(O)C6C(=O)C45)C3O)CCCC2)CCN1. The molecule has 268 valence electrons.